The van der Waals surface area contributed by atoms with Crippen molar-refractivity contribution in [3.8, 4) is 0 Å². The van der Waals surface area contributed by atoms with Crippen LogP contribution in [-0.2, 0) is 16.0 Å². The van der Waals surface area contributed by atoms with Gasteiger partial charge in [0.1, 0.15) is 0 Å². The number of hydrogen-bond donors (Lipinski definition) is 7. The fraction of sp³-hybridized carbons (Fsp3) is 0.591. The second-order valence-corrected chi connectivity index (χ2v) is 8.59. The highest BCUT2D eigenvalue weighted by atomic mass is 16.4. The number of rotatable bonds is 14. The van der Waals surface area contributed by atoms with Crippen LogP contribution in [0, 0.1) is 0 Å². The van der Waals surface area contributed by atoms with Crippen molar-refractivity contribution in [1.29, 1.82) is 0 Å². The van der Waals surface area contributed by atoms with E-state index in [0.717, 1.165) is 18.4 Å². The Kier molecular flexibility index (Phi) is 11.3. The number of nitrogens with one attached hydrogen (secondary N) is 2. The predicted octanol–water partition coefficient (Wildman–Crippen LogP) is -0.977. The average molecular weight is 476 g/mol. The van der Waals surface area contributed by atoms with E-state index >= 15 is 0 Å². The summed E-state index contributed by atoms with van der Waals surface area (Å²) in [6, 6.07) is 8.61. The standard InChI is InChI=1S/C22H37BN6O5/c1-26-17(14-15-8-3-2-4-9-15)20(30)29(16-10-5-6-11-16)19(21(31)32)28-18(23(33)34)12-7-13-27-22(24)25/h2-4,8-9,16-19,26,28,33-34H,5-7,10-14H2,1H3,(H,31,32)(H4,24,25,27)/t17-,18+,19?/m1/s1. The highest BCUT2D eigenvalue weighted by Crippen LogP contribution is 2.26. The first kappa shape index (κ1) is 27.6. The maximum atomic E-state index is 13.7. The zero-order chi connectivity index (χ0) is 25.1. The number of amides is 1. The molecule has 2 rings (SSSR count). The Morgan fingerprint density at radius 1 is 1.21 bits per heavy atom. The first-order valence-corrected chi connectivity index (χ1v) is 11.7. The molecule has 9 N–H and O–H groups in total. The summed E-state index contributed by atoms with van der Waals surface area (Å²) in [6.45, 7) is 0.259. The van der Waals surface area contributed by atoms with Crippen molar-refractivity contribution >= 4 is 25.0 Å². The zero-order valence-electron chi connectivity index (χ0n) is 19.6. The van der Waals surface area contributed by atoms with E-state index in [0.29, 0.717) is 25.7 Å². The molecule has 0 heterocycles. The molecular formula is C22H37BN6O5. The van der Waals surface area contributed by atoms with Gasteiger partial charge in [-0.1, -0.05) is 43.2 Å². The summed E-state index contributed by atoms with van der Waals surface area (Å²) in [7, 11) is -0.156. The van der Waals surface area contributed by atoms with Gasteiger partial charge in [-0.15, -0.1) is 0 Å². The fourth-order valence-corrected chi connectivity index (χ4v) is 4.35. The molecule has 1 saturated carbocycles. The van der Waals surface area contributed by atoms with Gasteiger partial charge in [0.15, 0.2) is 12.1 Å². The maximum Gasteiger partial charge on any atom is 0.469 e. The topological polar surface area (TPSA) is 187 Å². The van der Waals surface area contributed by atoms with Gasteiger partial charge in [0.2, 0.25) is 5.91 Å². The number of carbonyl (C=O) groups is 2. The normalized spacial score (nSPS) is 16.4. The Labute approximate surface area is 200 Å². The van der Waals surface area contributed by atoms with E-state index < -0.39 is 31.2 Å². The molecule has 0 saturated heterocycles. The van der Waals surface area contributed by atoms with Crippen molar-refractivity contribution in [2.75, 3.05) is 13.6 Å². The summed E-state index contributed by atoms with van der Waals surface area (Å²) < 4.78 is 0. The molecule has 12 heteroatoms. The molecule has 1 fully saturated rings. The number of benzene rings is 1. The highest BCUT2D eigenvalue weighted by molar-refractivity contribution is 6.43. The van der Waals surface area contributed by atoms with Crippen molar-refractivity contribution in [1.82, 2.24) is 15.5 Å². The molecule has 1 amide bonds. The summed E-state index contributed by atoms with van der Waals surface area (Å²) in [5.41, 5.74) is 11.6. The van der Waals surface area contributed by atoms with Crippen molar-refractivity contribution in [3.05, 3.63) is 35.9 Å². The van der Waals surface area contributed by atoms with Gasteiger partial charge in [-0.2, -0.15) is 0 Å². The molecule has 1 aromatic rings. The van der Waals surface area contributed by atoms with Gasteiger partial charge in [0.05, 0.1) is 6.04 Å². The van der Waals surface area contributed by atoms with E-state index in [1.807, 2.05) is 30.3 Å². The van der Waals surface area contributed by atoms with Crippen LogP contribution in [0.4, 0.5) is 0 Å². The lowest BCUT2D eigenvalue weighted by Gasteiger charge is -2.38. The fourth-order valence-electron chi connectivity index (χ4n) is 4.35. The Morgan fingerprint density at radius 2 is 1.85 bits per heavy atom. The van der Waals surface area contributed by atoms with Crippen LogP contribution in [0.15, 0.2) is 35.3 Å². The van der Waals surface area contributed by atoms with Gasteiger partial charge in [-0.05, 0) is 44.7 Å². The lowest BCUT2D eigenvalue weighted by atomic mass is 9.76. The van der Waals surface area contributed by atoms with Gasteiger partial charge in [-0.25, -0.2) is 4.79 Å². The zero-order valence-corrected chi connectivity index (χ0v) is 19.6. The maximum absolute atomic E-state index is 13.7. The number of nitrogens with zero attached hydrogens (tertiary/aromatic N) is 2. The third-order valence-corrected chi connectivity index (χ3v) is 6.11. The molecule has 1 aromatic carbocycles. The van der Waals surface area contributed by atoms with Crippen LogP contribution in [0.25, 0.3) is 0 Å². The summed E-state index contributed by atoms with van der Waals surface area (Å²) in [5.74, 6) is -2.67. The van der Waals surface area contributed by atoms with Crippen molar-refractivity contribution in [2.45, 2.75) is 69.1 Å². The summed E-state index contributed by atoms with van der Waals surface area (Å²) in [4.78, 5) is 31.3. The van der Waals surface area contributed by atoms with Gasteiger partial charge in [0.25, 0.3) is 0 Å². The molecule has 1 aliphatic carbocycles. The van der Waals surface area contributed by atoms with E-state index in [1.165, 1.54) is 4.90 Å². The number of aliphatic imine (C=N–C) groups is 1. The number of nitrogens with two attached hydrogens (primary N) is 2. The second-order valence-electron chi connectivity index (χ2n) is 8.59. The smallest absolute Gasteiger partial charge is 0.469 e. The lowest BCUT2D eigenvalue weighted by molar-refractivity contribution is -0.155. The number of aliphatic carboxylic acids is 1. The lowest BCUT2D eigenvalue weighted by Crippen LogP contribution is -2.64. The minimum absolute atomic E-state index is 0.0769. The molecule has 11 nitrogen and oxygen atoms in total. The van der Waals surface area contributed by atoms with Crippen molar-refractivity contribution in [3.63, 3.8) is 0 Å². The first-order chi connectivity index (χ1) is 16.2. The molecule has 188 valence electrons. The van der Waals surface area contributed by atoms with Crippen LogP contribution < -0.4 is 22.1 Å². The van der Waals surface area contributed by atoms with Crippen LogP contribution in [0.5, 0.6) is 0 Å². The minimum Gasteiger partial charge on any atom is -0.479 e. The summed E-state index contributed by atoms with van der Waals surface area (Å²) in [6.07, 6.45) is 2.75. The number of hydrogen-bond acceptors (Lipinski definition) is 7. The van der Waals surface area contributed by atoms with Crippen LogP contribution in [0.3, 0.4) is 0 Å². The predicted molar refractivity (Wildman–Crippen MR) is 131 cm³/mol. The molecule has 0 aromatic heterocycles. The van der Waals surface area contributed by atoms with Gasteiger partial charge >= 0.3 is 13.1 Å². The molecule has 34 heavy (non-hydrogen) atoms. The Bertz CT molecular complexity index is 802. The van der Waals surface area contributed by atoms with Crippen LogP contribution in [-0.4, -0.2) is 82.8 Å². The van der Waals surface area contributed by atoms with Crippen LogP contribution >= 0.6 is 0 Å². The number of guanidine groups is 1. The molecule has 0 spiro atoms. The monoisotopic (exact) mass is 476 g/mol. The van der Waals surface area contributed by atoms with E-state index in [9.17, 15) is 24.7 Å². The van der Waals surface area contributed by atoms with Crippen molar-refractivity contribution < 1.29 is 24.7 Å². The Hall–Kier alpha value is -2.67. The molecule has 0 aliphatic heterocycles. The minimum atomic E-state index is -1.83. The molecule has 0 bridgehead atoms. The number of likely N-dealkylation sites (N-methyl/N-ethyl adjacent to an activating group) is 1. The Balaban J connectivity index is 2.25. The van der Waals surface area contributed by atoms with E-state index in [-0.39, 0.29) is 30.9 Å². The third kappa shape index (κ3) is 8.28. The molecular weight excluding hydrogens is 439 g/mol. The second kappa shape index (κ2) is 13.9. The SMILES string of the molecule is CN[C@H](Cc1ccccc1)C(=O)N(C1CCCC1)C(N[C@@H](CCCN=C(N)N)B(O)O)C(=O)O. The van der Waals surface area contributed by atoms with Gasteiger partial charge in [-0.3, -0.25) is 15.1 Å². The highest BCUT2D eigenvalue weighted by Gasteiger charge is 2.41. The average Bonchev–Trinajstić information content (AvgIpc) is 3.33. The number of carboxylic acid groups (broad SMARTS) is 1. The summed E-state index contributed by atoms with van der Waals surface area (Å²) in [5, 5.41) is 35.7. The van der Waals surface area contributed by atoms with Gasteiger partial charge in [0, 0.05) is 18.5 Å². The largest absolute Gasteiger partial charge is 0.479 e. The molecule has 1 unspecified atom stereocenters. The quantitative estimate of drug-likeness (QED) is 0.0583. The number of carboxylic acids is 1. The summed E-state index contributed by atoms with van der Waals surface area (Å²) >= 11 is 0. The van der Waals surface area contributed by atoms with Crippen LogP contribution in [0.1, 0.15) is 44.1 Å². The first-order valence-electron chi connectivity index (χ1n) is 11.7. The van der Waals surface area contributed by atoms with Crippen molar-refractivity contribution in [2.24, 2.45) is 16.5 Å². The van der Waals surface area contributed by atoms with E-state index in [4.69, 9.17) is 11.5 Å². The van der Waals surface area contributed by atoms with E-state index in [2.05, 4.69) is 15.6 Å². The van der Waals surface area contributed by atoms with E-state index in [1.54, 1.807) is 7.05 Å². The number of carbonyl (C=O) groups excluding carboxylic acids is 1. The van der Waals surface area contributed by atoms with Crippen LogP contribution in [0.2, 0.25) is 0 Å². The third-order valence-electron chi connectivity index (χ3n) is 6.11. The Morgan fingerprint density at radius 3 is 2.38 bits per heavy atom. The molecule has 3 atom stereocenters. The van der Waals surface area contributed by atoms with Gasteiger partial charge < -0.3 is 36.8 Å². The molecule has 0 radical (unpaired) electrons. The molecule has 1 aliphatic rings.